The van der Waals surface area contributed by atoms with E-state index in [-0.39, 0.29) is 36.0 Å². The first-order valence-corrected chi connectivity index (χ1v) is 9.21. The van der Waals surface area contributed by atoms with Crippen LogP contribution >= 0.6 is 12.2 Å². The van der Waals surface area contributed by atoms with Crippen LogP contribution < -0.4 is 5.32 Å². The van der Waals surface area contributed by atoms with Crippen LogP contribution in [-0.2, 0) is 23.9 Å². The maximum Gasteiger partial charge on any atom is 0.337 e. The lowest BCUT2D eigenvalue weighted by Gasteiger charge is -2.30. The Morgan fingerprint density at radius 2 is 2.30 bits per heavy atom. The number of amides is 2. The van der Waals surface area contributed by atoms with Crippen LogP contribution in [-0.4, -0.2) is 66.4 Å². The predicted molar refractivity (Wildman–Crippen MR) is 101 cm³/mol. The van der Waals surface area contributed by atoms with Crippen molar-refractivity contribution < 1.29 is 23.9 Å². The molecule has 0 aromatic heterocycles. The number of nitrogens with one attached hydrogen (secondary N) is 1. The summed E-state index contributed by atoms with van der Waals surface area (Å²) in [7, 11) is 1.28. The van der Waals surface area contributed by atoms with Gasteiger partial charge in [-0.15, -0.1) is 0 Å². The lowest BCUT2D eigenvalue weighted by atomic mass is 9.92. The fraction of sp³-hybridized carbons (Fsp3) is 0.500. The summed E-state index contributed by atoms with van der Waals surface area (Å²) < 4.78 is 10.1. The monoisotopic (exact) mass is 391 g/mol. The summed E-state index contributed by atoms with van der Waals surface area (Å²) in [5.41, 5.74) is 0.719. The zero-order valence-electron chi connectivity index (χ0n) is 15.0. The van der Waals surface area contributed by atoms with E-state index in [1.807, 2.05) is 0 Å². The molecule has 0 radical (unpaired) electrons. The van der Waals surface area contributed by atoms with Gasteiger partial charge in [0, 0.05) is 26.1 Å². The fourth-order valence-corrected chi connectivity index (χ4v) is 3.41. The number of methoxy groups -OCH3 is 1. The Morgan fingerprint density at radius 3 is 3.00 bits per heavy atom. The van der Waals surface area contributed by atoms with Crippen LogP contribution in [0, 0.1) is 5.92 Å². The third-order valence-corrected chi connectivity index (χ3v) is 4.92. The Kier molecular flexibility index (Phi) is 6.12. The van der Waals surface area contributed by atoms with Gasteiger partial charge in [-0.3, -0.25) is 14.5 Å². The molecule has 1 aliphatic carbocycles. The average molecular weight is 391 g/mol. The maximum absolute atomic E-state index is 12.7. The summed E-state index contributed by atoms with van der Waals surface area (Å²) in [6.07, 6.45) is 6.80. The van der Waals surface area contributed by atoms with Crippen molar-refractivity contribution in [1.82, 2.24) is 10.2 Å². The van der Waals surface area contributed by atoms with Crippen LogP contribution in [0.4, 0.5) is 0 Å². The van der Waals surface area contributed by atoms with Crippen LogP contribution in [0.25, 0.3) is 0 Å². The van der Waals surface area contributed by atoms with Crippen molar-refractivity contribution in [2.24, 2.45) is 10.9 Å². The van der Waals surface area contributed by atoms with E-state index in [0.29, 0.717) is 17.8 Å². The van der Waals surface area contributed by atoms with Gasteiger partial charge in [0.1, 0.15) is 0 Å². The highest BCUT2D eigenvalue weighted by Crippen LogP contribution is 2.23. The Bertz CT molecular complexity index is 752. The van der Waals surface area contributed by atoms with E-state index < -0.39 is 11.9 Å². The first kappa shape index (κ1) is 19.4. The molecule has 3 rings (SSSR count). The van der Waals surface area contributed by atoms with Gasteiger partial charge in [0.2, 0.25) is 16.9 Å². The van der Waals surface area contributed by atoms with Crippen molar-refractivity contribution in [2.45, 2.75) is 25.4 Å². The van der Waals surface area contributed by atoms with E-state index in [4.69, 9.17) is 17.0 Å². The number of thiocarbonyl (C=S) groups is 1. The quantitative estimate of drug-likeness (QED) is 0.524. The van der Waals surface area contributed by atoms with E-state index in [9.17, 15) is 14.4 Å². The minimum Gasteiger partial charge on any atom is -0.465 e. The molecule has 2 unspecified atom stereocenters. The molecule has 2 aliphatic heterocycles. The number of carbonyl (C=O) groups excluding carboxylic acids is 3. The van der Waals surface area contributed by atoms with Gasteiger partial charge < -0.3 is 14.8 Å². The number of hydrogen-bond donors (Lipinski definition) is 1. The molecular formula is C18H21N3O5S. The fourth-order valence-electron chi connectivity index (χ4n) is 3.12. The van der Waals surface area contributed by atoms with Crippen molar-refractivity contribution in [1.29, 1.82) is 0 Å². The van der Waals surface area contributed by atoms with Crippen molar-refractivity contribution >= 4 is 40.8 Å². The summed E-state index contributed by atoms with van der Waals surface area (Å²) in [5, 5.41) is 2.91. The number of hydrogen-bond acceptors (Lipinski definition) is 6. The molecular weight excluding hydrogens is 370 g/mol. The van der Waals surface area contributed by atoms with Gasteiger partial charge >= 0.3 is 5.97 Å². The lowest BCUT2D eigenvalue weighted by Crippen LogP contribution is -2.47. The molecule has 0 aromatic carbocycles. The summed E-state index contributed by atoms with van der Waals surface area (Å²) >= 11 is 5.21. The van der Waals surface area contributed by atoms with Gasteiger partial charge in [0.25, 0.3) is 0 Å². The van der Waals surface area contributed by atoms with Gasteiger partial charge in [-0.2, -0.15) is 0 Å². The number of nitrogens with zero attached hydrogens (tertiary/aromatic N) is 2. The number of fused-ring (bicyclic) bond motifs is 1. The van der Waals surface area contributed by atoms with E-state index in [1.54, 1.807) is 6.08 Å². The average Bonchev–Trinajstić information content (AvgIpc) is 3.18. The summed E-state index contributed by atoms with van der Waals surface area (Å²) in [4.78, 5) is 41.9. The van der Waals surface area contributed by atoms with Gasteiger partial charge in [-0.1, -0.05) is 12.2 Å². The molecule has 3 aliphatic rings. The number of carbonyl (C=O) groups is 3. The molecule has 2 atom stereocenters. The third kappa shape index (κ3) is 4.48. The van der Waals surface area contributed by atoms with Crippen LogP contribution in [0.3, 0.4) is 0 Å². The summed E-state index contributed by atoms with van der Waals surface area (Å²) in [6.45, 7) is 1.37. The zero-order valence-corrected chi connectivity index (χ0v) is 15.8. The summed E-state index contributed by atoms with van der Waals surface area (Å²) in [5.74, 6) is -1.53. The van der Waals surface area contributed by atoms with Gasteiger partial charge in [-0.25, -0.2) is 9.79 Å². The SMILES string of the molecule is COC(=O)C1=CC2=NC(=S)N(CCC(=O)NCC3CCCO3)C(=O)C2C=C1. The molecule has 1 saturated heterocycles. The van der Waals surface area contributed by atoms with Crippen LogP contribution in [0.2, 0.25) is 0 Å². The topological polar surface area (TPSA) is 97.3 Å². The number of esters is 1. The van der Waals surface area contributed by atoms with Crippen molar-refractivity contribution in [2.75, 3.05) is 26.8 Å². The molecule has 8 nitrogen and oxygen atoms in total. The van der Waals surface area contributed by atoms with E-state index in [2.05, 4.69) is 15.0 Å². The molecule has 2 heterocycles. The molecule has 9 heteroatoms. The predicted octanol–water partition coefficient (Wildman–Crippen LogP) is 0.525. The van der Waals surface area contributed by atoms with Crippen LogP contribution in [0.5, 0.6) is 0 Å². The molecule has 1 fully saturated rings. The first-order chi connectivity index (χ1) is 13.0. The Labute approximate surface area is 162 Å². The van der Waals surface area contributed by atoms with Crippen LogP contribution in [0.15, 0.2) is 28.8 Å². The standard InChI is InChI=1S/C18H21N3O5S/c1-25-17(24)11-4-5-13-14(9-11)20-18(27)21(16(13)23)7-6-15(22)19-10-12-3-2-8-26-12/h4-5,9,12-13H,2-3,6-8,10H2,1H3,(H,19,22). The molecule has 0 spiro atoms. The highest BCUT2D eigenvalue weighted by atomic mass is 32.1. The van der Waals surface area contributed by atoms with E-state index >= 15 is 0 Å². The Hall–Kier alpha value is -2.39. The van der Waals surface area contributed by atoms with Crippen molar-refractivity contribution in [3.05, 3.63) is 23.8 Å². The molecule has 0 aromatic rings. The minimum absolute atomic E-state index is 0.0713. The second-order valence-corrected chi connectivity index (χ2v) is 6.79. The third-order valence-electron chi connectivity index (χ3n) is 4.61. The first-order valence-electron chi connectivity index (χ1n) is 8.80. The van der Waals surface area contributed by atoms with Gasteiger partial charge in [-0.05, 0) is 31.1 Å². The second-order valence-electron chi connectivity index (χ2n) is 6.43. The normalized spacial score (nSPS) is 24.3. The minimum atomic E-state index is -0.611. The van der Waals surface area contributed by atoms with E-state index in [1.165, 1.54) is 24.2 Å². The number of ether oxygens (including phenoxy) is 2. The van der Waals surface area contributed by atoms with Crippen molar-refractivity contribution in [3.8, 4) is 0 Å². The largest absolute Gasteiger partial charge is 0.465 e. The zero-order chi connectivity index (χ0) is 19.4. The highest BCUT2D eigenvalue weighted by Gasteiger charge is 2.35. The lowest BCUT2D eigenvalue weighted by molar-refractivity contribution is -0.136. The molecule has 0 saturated carbocycles. The highest BCUT2D eigenvalue weighted by molar-refractivity contribution is 7.80. The molecule has 144 valence electrons. The molecule has 1 N–H and O–H groups in total. The van der Waals surface area contributed by atoms with Crippen LogP contribution in [0.1, 0.15) is 19.3 Å². The van der Waals surface area contributed by atoms with E-state index in [0.717, 1.165) is 19.4 Å². The number of aliphatic imine (C=N–C) groups is 1. The Balaban J connectivity index is 1.57. The summed E-state index contributed by atoms with van der Waals surface area (Å²) in [6, 6.07) is 0. The van der Waals surface area contributed by atoms with Gasteiger partial charge in [0.15, 0.2) is 0 Å². The molecule has 27 heavy (non-hydrogen) atoms. The second kappa shape index (κ2) is 8.53. The maximum atomic E-state index is 12.7. The molecule has 2 amide bonds. The van der Waals surface area contributed by atoms with Crippen molar-refractivity contribution in [3.63, 3.8) is 0 Å². The number of allylic oxidation sites excluding steroid dienone is 1. The molecule has 0 bridgehead atoms. The Morgan fingerprint density at radius 1 is 1.48 bits per heavy atom. The smallest absolute Gasteiger partial charge is 0.337 e. The van der Waals surface area contributed by atoms with Gasteiger partial charge in [0.05, 0.1) is 30.4 Å². The number of rotatable bonds is 6.